The number of morpholine rings is 1. The number of carbonyl (C=O) groups is 2. The number of nitrogens with one attached hydrogen (secondary N) is 1. The van der Waals surface area contributed by atoms with Crippen molar-refractivity contribution in [1.82, 2.24) is 10.2 Å². The van der Waals surface area contributed by atoms with Crippen molar-refractivity contribution < 1.29 is 19.2 Å². The maximum absolute atomic E-state index is 13.0. The standard InChI is InChI=1S/C22H21N3O5/c26-21(10-9-17-5-2-1-3-6-17)23-20(22(27)24-11-13-30-14-12-24)16-18-7-4-8-19(15-18)25(28)29/h1-10,15-16H,11-14H2,(H,23,26)/b10-9+,20-16-. The van der Waals surface area contributed by atoms with Gasteiger partial charge in [0.1, 0.15) is 5.70 Å². The lowest BCUT2D eigenvalue weighted by molar-refractivity contribution is -0.384. The smallest absolute Gasteiger partial charge is 0.270 e. The molecule has 0 aliphatic carbocycles. The highest BCUT2D eigenvalue weighted by molar-refractivity contribution is 6.04. The normalized spacial score (nSPS) is 14.5. The van der Waals surface area contributed by atoms with Crippen LogP contribution in [-0.2, 0) is 14.3 Å². The first-order valence-corrected chi connectivity index (χ1v) is 9.40. The molecular formula is C22H21N3O5. The number of hydrogen-bond donors (Lipinski definition) is 1. The van der Waals surface area contributed by atoms with E-state index in [1.807, 2.05) is 30.3 Å². The molecule has 3 rings (SSSR count). The molecule has 1 aliphatic heterocycles. The Hall–Kier alpha value is -3.78. The highest BCUT2D eigenvalue weighted by Crippen LogP contribution is 2.16. The fourth-order valence-electron chi connectivity index (χ4n) is 2.89. The lowest BCUT2D eigenvalue weighted by Gasteiger charge is -2.27. The van der Waals surface area contributed by atoms with E-state index < -0.39 is 10.8 Å². The molecule has 154 valence electrons. The van der Waals surface area contributed by atoms with Crippen LogP contribution in [0.4, 0.5) is 5.69 Å². The van der Waals surface area contributed by atoms with Gasteiger partial charge >= 0.3 is 0 Å². The van der Waals surface area contributed by atoms with Crippen molar-refractivity contribution in [1.29, 1.82) is 0 Å². The molecule has 2 aromatic rings. The van der Waals surface area contributed by atoms with Crippen molar-refractivity contribution in [3.05, 3.63) is 87.6 Å². The largest absolute Gasteiger partial charge is 0.378 e. The quantitative estimate of drug-likeness (QED) is 0.451. The summed E-state index contributed by atoms with van der Waals surface area (Å²) < 4.78 is 5.27. The first-order valence-electron chi connectivity index (χ1n) is 9.40. The van der Waals surface area contributed by atoms with Crippen molar-refractivity contribution in [3.63, 3.8) is 0 Å². The monoisotopic (exact) mass is 407 g/mol. The van der Waals surface area contributed by atoms with E-state index in [0.29, 0.717) is 31.9 Å². The molecule has 0 bridgehead atoms. The Labute approximate surface area is 173 Å². The topological polar surface area (TPSA) is 102 Å². The van der Waals surface area contributed by atoms with Crippen LogP contribution in [0, 0.1) is 10.1 Å². The number of hydrogen-bond acceptors (Lipinski definition) is 5. The van der Waals surface area contributed by atoms with Gasteiger partial charge in [0.2, 0.25) is 5.91 Å². The third kappa shape index (κ3) is 5.86. The molecule has 2 aromatic carbocycles. The van der Waals surface area contributed by atoms with Crippen LogP contribution in [-0.4, -0.2) is 47.9 Å². The summed E-state index contributed by atoms with van der Waals surface area (Å²) in [5.74, 6) is -0.844. The molecule has 1 saturated heterocycles. The minimum absolute atomic E-state index is 0.0418. The zero-order chi connectivity index (χ0) is 21.3. The average molecular weight is 407 g/mol. The van der Waals surface area contributed by atoms with E-state index in [9.17, 15) is 19.7 Å². The van der Waals surface area contributed by atoms with Crippen LogP contribution in [0.15, 0.2) is 66.4 Å². The van der Waals surface area contributed by atoms with Crippen molar-refractivity contribution >= 4 is 29.7 Å². The molecule has 30 heavy (non-hydrogen) atoms. The van der Waals surface area contributed by atoms with Crippen LogP contribution in [0.3, 0.4) is 0 Å². The number of nitro benzene ring substituents is 1. The molecule has 8 nitrogen and oxygen atoms in total. The van der Waals surface area contributed by atoms with Gasteiger partial charge in [0.15, 0.2) is 0 Å². The minimum atomic E-state index is -0.512. The third-order valence-corrected chi connectivity index (χ3v) is 4.41. The van der Waals surface area contributed by atoms with Gasteiger partial charge in [0.25, 0.3) is 11.6 Å². The van der Waals surface area contributed by atoms with E-state index in [4.69, 9.17) is 4.74 Å². The number of ether oxygens (including phenoxy) is 1. The summed E-state index contributed by atoms with van der Waals surface area (Å²) in [7, 11) is 0. The Balaban J connectivity index is 1.84. The summed E-state index contributed by atoms with van der Waals surface area (Å²) in [5, 5.41) is 13.6. The van der Waals surface area contributed by atoms with Crippen molar-refractivity contribution in [3.8, 4) is 0 Å². The maximum Gasteiger partial charge on any atom is 0.270 e. The van der Waals surface area contributed by atoms with Crippen LogP contribution >= 0.6 is 0 Å². The Morgan fingerprint density at radius 1 is 1.03 bits per heavy atom. The van der Waals surface area contributed by atoms with E-state index in [1.54, 1.807) is 17.0 Å². The molecule has 0 unspecified atom stereocenters. The molecule has 0 saturated carbocycles. The van der Waals surface area contributed by atoms with Crippen molar-refractivity contribution in [2.24, 2.45) is 0 Å². The fraction of sp³-hybridized carbons (Fsp3) is 0.182. The maximum atomic E-state index is 13.0. The van der Waals surface area contributed by atoms with E-state index in [1.165, 1.54) is 30.4 Å². The molecule has 0 spiro atoms. The van der Waals surface area contributed by atoms with Crippen LogP contribution in [0.25, 0.3) is 12.2 Å². The van der Waals surface area contributed by atoms with E-state index in [-0.39, 0.29) is 17.3 Å². The Morgan fingerprint density at radius 3 is 2.43 bits per heavy atom. The van der Waals surface area contributed by atoms with Crippen LogP contribution in [0.2, 0.25) is 0 Å². The lowest BCUT2D eigenvalue weighted by atomic mass is 10.1. The Kier molecular flexibility index (Phi) is 7.07. The first kappa shape index (κ1) is 20.9. The molecule has 2 amide bonds. The van der Waals surface area contributed by atoms with Crippen LogP contribution < -0.4 is 5.32 Å². The first-order chi connectivity index (χ1) is 14.5. The number of rotatable bonds is 6. The second kappa shape index (κ2) is 10.1. The zero-order valence-corrected chi connectivity index (χ0v) is 16.2. The molecule has 1 N–H and O–H groups in total. The molecule has 0 radical (unpaired) electrons. The molecule has 1 fully saturated rings. The van der Waals surface area contributed by atoms with Gasteiger partial charge in [-0.3, -0.25) is 19.7 Å². The predicted octanol–water partition coefficient (Wildman–Crippen LogP) is 2.62. The number of benzene rings is 2. The molecule has 0 atom stereocenters. The Bertz CT molecular complexity index is 979. The SMILES string of the molecule is O=C(/C=C/c1ccccc1)N/C(=C\c1cccc([N+](=O)[O-])c1)C(=O)N1CCOCC1. The summed E-state index contributed by atoms with van der Waals surface area (Å²) in [6, 6.07) is 15.1. The number of non-ortho nitro benzene ring substituents is 1. The second-order valence-electron chi connectivity index (χ2n) is 6.55. The van der Waals surface area contributed by atoms with Gasteiger partial charge in [-0.05, 0) is 23.3 Å². The van der Waals surface area contributed by atoms with Crippen molar-refractivity contribution in [2.75, 3.05) is 26.3 Å². The summed E-state index contributed by atoms with van der Waals surface area (Å²) in [4.78, 5) is 37.5. The van der Waals surface area contributed by atoms with E-state index in [0.717, 1.165) is 5.56 Å². The van der Waals surface area contributed by atoms with E-state index >= 15 is 0 Å². The number of amides is 2. The third-order valence-electron chi connectivity index (χ3n) is 4.41. The highest BCUT2D eigenvalue weighted by Gasteiger charge is 2.22. The van der Waals surface area contributed by atoms with Gasteiger partial charge in [-0.15, -0.1) is 0 Å². The van der Waals surface area contributed by atoms with E-state index in [2.05, 4.69) is 5.32 Å². The molecule has 1 aliphatic rings. The van der Waals surface area contributed by atoms with Gasteiger partial charge < -0.3 is 15.0 Å². The fourth-order valence-corrected chi connectivity index (χ4v) is 2.89. The second-order valence-corrected chi connectivity index (χ2v) is 6.55. The minimum Gasteiger partial charge on any atom is -0.378 e. The summed E-state index contributed by atoms with van der Waals surface area (Å²) in [5.41, 5.74) is 1.22. The van der Waals surface area contributed by atoms with Gasteiger partial charge in [0.05, 0.1) is 18.1 Å². The summed E-state index contributed by atoms with van der Waals surface area (Å²) >= 11 is 0. The predicted molar refractivity (Wildman–Crippen MR) is 112 cm³/mol. The zero-order valence-electron chi connectivity index (χ0n) is 16.2. The Morgan fingerprint density at radius 2 is 1.73 bits per heavy atom. The summed E-state index contributed by atoms with van der Waals surface area (Å²) in [6.45, 7) is 1.64. The van der Waals surface area contributed by atoms with Crippen molar-refractivity contribution in [2.45, 2.75) is 0 Å². The number of nitro groups is 1. The van der Waals surface area contributed by atoms with Gasteiger partial charge in [-0.2, -0.15) is 0 Å². The highest BCUT2D eigenvalue weighted by atomic mass is 16.6. The molecular weight excluding hydrogens is 386 g/mol. The van der Waals surface area contributed by atoms with Crippen LogP contribution in [0.5, 0.6) is 0 Å². The molecule has 1 heterocycles. The number of nitrogens with zero attached hydrogens (tertiary/aromatic N) is 2. The number of carbonyl (C=O) groups excluding carboxylic acids is 2. The van der Waals surface area contributed by atoms with Gasteiger partial charge in [-0.25, -0.2) is 0 Å². The lowest BCUT2D eigenvalue weighted by Crippen LogP contribution is -2.44. The van der Waals surface area contributed by atoms with Crippen LogP contribution in [0.1, 0.15) is 11.1 Å². The average Bonchev–Trinajstić information content (AvgIpc) is 2.78. The molecule has 8 heteroatoms. The van der Waals surface area contributed by atoms with Gasteiger partial charge in [-0.1, -0.05) is 42.5 Å². The summed E-state index contributed by atoms with van der Waals surface area (Å²) in [6.07, 6.45) is 4.42. The van der Waals surface area contributed by atoms with Gasteiger partial charge in [0, 0.05) is 31.3 Å². The molecule has 0 aromatic heterocycles.